The Morgan fingerprint density at radius 3 is 2.60 bits per heavy atom. The summed E-state index contributed by atoms with van der Waals surface area (Å²) in [5.41, 5.74) is 6.09. The van der Waals surface area contributed by atoms with Crippen LogP contribution in [0.3, 0.4) is 0 Å². The number of nitrogen functional groups attached to an aromatic ring is 1. The van der Waals surface area contributed by atoms with Crippen molar-refractivity contribution in [3.8, 4) is 0 Å². The second kappa shape index (κ2) is 5.83. The van der Waals surface area contributed by atoms with Crippen molar-refractivity contribution in [2.75, 3.05) is 12.3 Å². The maximum atomic E-state index is 12.4. The zero-order chi connectivity index (χ0) is 15.0. The molecule has 7 heteroatoms. The number of sulfonamides is 1. The zero-order valence-corrected chi connectivity index (χ0v) is 14.4. The normalized spacial score (nSPS) is 18.4. The Hall–Kier alpha value is -0.300. The summed E-state index contributed by atoms with van der Waals surface area (Å²) in [5.74, 6) is 0. The van der Waals surface area contributed by atoms with Crippen LogP contribution in [0.5, 0.6) is 0 Å². The number of halogens is 2. The van der Waals surface area contributed by atoms with Gasteiger partial charge < -0.3 is 5.73 Å². The van der Waals surface area contributed by atoms with E-state index in [1.54, 1.807) is 0 Å². The fraction of sp³-hybridized carbons (Fsp3) is 0.538. The number of nitrogens with one attached hydrogen (secondary N) is 1. The molecule has 0 unspecified atom stereocenters. The average Bonchev–Trinajstić information content (AvgIpc) is 2.79. The molecule has 0 radical (unpaired) electrons. The van der Waals surface area contributed by atoms with Crippen LogP contribution in [0.1, 0.15) is 32.6 Å². The first-order chi connectivity index (χ1) is 9.23. The highest BCUT2D eigenvalue weighted by Gasteiger charge is 2.31. The van der Waals surface area contributed by atoms with Gasteiger partial charge in [0.05, 0.1) is 9.37 Å². The molecule has 0 spiro atoms. The van der Waals surface area contributed by atoms with Gasteiger partial charge in [-0.1, -0.05) is 31.4 Å². The van der Waals surface area contributed by atoms with Crippen LogP contribution in [0.25, 0.3) is 0 Å². The standard InChI is InChI=1S/C13H18BrClN2O2S/c1-13(4-2-3-5-13)8-17-20(18,19)11-7-9(15)6-10(16)12(11)14/h6-7,17H,2-5,8,16H2,1H3. The van der Waals surface area contributed by atoms with E-state index in [0.29, 0.717) is 21.7 Å². The summed E-state index contributed by atoms with van der Waals surface area (Å²) >= 11 is 9.10. The first-order valence-corrected chi connectivity index (χ1v) is 9.13. The fourth-order valence-electron chi connectivity index (χ4n) is 2.53. The van der Waals surface area contributed by atoms with Gasteiger partial charge in [0.25, 0.3) is 0 Å². The van der Waals surface area contributed by atoms with Crippen LogP contribution in [-0.4, -0.2) is 15.0 Å². The van der Waals surface area contributed by atoms with E-state index in [2.05, 4.69) is 27.6 Å². The van der Waals surface area contributed by atoms with E-state index in [-0.39, 0.29) is 10.3 Å². The van der Waals surface area contributed by atoms with Crippen molar-refractivity contribution in [3.05, 3.63) is 21.6 Å². The summed E-state index contributed by atoms with van der Waals surface area (Å²) in [6, 6.07) is 2.92. The Kier molecular flexibility index (Phi) is 4.69. The minimum Gasteiger partial charge on any atom is -0.398 e. The van der Waals surface area contributed by atoms with Gasteiger partial charge >= 0.3 is 0 Å². The lowest BCUT2D eigenvalue weighted by atomic mass is 9.89. The summed E-state index contributed by atoms with van der Waals surface area (Å²) in [5, 5.41) is 0.304. The van der Waals surface area contributed by atoms with Gasteiger partial charge in [0.1, 0.15) is 0 Å². The van der Waals surface area contributed by atoms with Crippen LogP contribution in [0.15, 0.2) is 21.5 Å². The van der Waals surface area contributed by atoms with Crippen molar-refractivity contribution in [2.24, 2.45) is 5.41 Å². The van der Waals surface area contributed by atoms with E-state index >= 15 is 0 Å². The molecule has 1 saturated carbocycles. The lowest BCUT2D eigenvalue weighted by Gasteiger charge is -2.23. The number of anilines is 1. The lowest BCUT2D eigenvalue weighted by molar-refractivity contribution is 0.336. The Labute approximate surface area is 133 Å². The molecule has 0 amide bonds. The topological polar surface area (TPSA) is 72.2 Å². The Morgan fingerprint density at radius 1 is 1.40 bits per heavy atom. The first kappa shape index (κ1) is 16.1. The van der Waals surface area contributed by atoms with Crippen molar-refractivity contribution in [1.29, 1.82) is 0 Å². The Balaban J connectivity index is 2.22. The average molecular weight is 382 g/mol. The molecule has 1 aliphatic carbocycles. The Morgan fingerprint density at radius 2 is 2.00 bits per heavy atom. The van der Waals surface area contributed by atoms with Crippen molar-refractivity contribution in [3.63, 3.8) is 0 Å². The largest absolute Gasteiger partial charge is 0.398 e. The van der Waals surface area contributed by atoms with Gasteiger partial charge in [-0.2, -0.15) is 0 Å². The van der Waals surface area contributed by atoms with Gasteiger partial charge in [-0.25, -0.2) is 13.1 Å². The SMILES string of the molecule is CC1(CNS(=O)(=O)c2cc(Cl)cc(N)c2Br)CCCC1. The van der Waals surface area contributed by atoms with E-state index in [1.165, 1.54) is 12.1 Å². The predicted molar refractivity (Wildman–Crippen MR) is 85.3 cm³/mol. The molecule has 0 atom stereocenters. The van der Waals surface area contributed by atoms with E-state index < -0.39 is 10.0 Å². The van der Waals surface area contributed by atoms with Crippen molar-refractivity contribution >= 4 is 43.2 Å². The molecule has 112 valence electrons. The second-order valence-electron chi connectivity index (χ2n) is 5.65. The number of hydrogen-bond donors (Lipinski definition) is 2. The molecule has 1 fully saturated rings. The van der Waals surface area contributed by atoms with Crippen molar-refractivity contribution in [2.45, 2.75) is 37.5 Å². The molecule has 1 aliphatic rings. The van der Waals surface area contributed by atoms with Crippen LogP contribution in [0.2, 0.25) is 5.02 Å². The maximum Gasteiger partial charge on any atom is 0.241 e. The number of rotatable bonds is 4. The summed E-state index contributed by atoms with van der Waals surface area (Å²) in [6.45, 7) is 2.55. The third-order valence-electron chi connectivity index (χ3n) is 3.82. The summed E-state index contributed by atoms with van der Waals surface area (Å²) in [7, 11) is -3.62. The van der Waals surface area contributed by atoms with Crippen LogP contribution < -0.4 is 10.5 Å². The molecule has 0 heterocycles. The van der Waals surface area contributed by atoms with E-state index in [1.807, 2.05) is 0 Å². The molecule has 3 N–H and O–H groups in total. The number of hydrogen-bond acceptors (Lipinski definition) is 3. The monoisotopic (exact) mass is 380 g/mol. The molecule has 0 aliphatic heterocycles. The highest BCUT2D eigenvalue weighted by atomic mass is 79.9. The van der Waals surface area contributed by atoms with E-state index in [9.17, 15) is 8.42 Å². The molecule has 0 aromatic heterocycles. The summed E-state index contributed by atoms with van der Waals surface area (Å²) in [4.78, 5) is 0.0871. The number of nitrogens with two attached hydrogens (primary N) is 1. The maximum absolute atomic E-state index is 12.4. The van der Waals surface area contributed by atoms with Crippen LogP contribution in [-0.2, 0) is 10.0 Å². The highest BCUT2D eigenvalue weighted by Crippen LogP contribution is 2.37. The second-order valence-corrected chi connectivity index (χ2v) is 8.61. The summed E-state index contributed by atoms with van der Waals surface area (Å²) < 4.78 is 27.8. The van der Waals surface area contributed by atoms with Crippen LogP contribution in [0.4, 0.5) is 5.69 Å². The van der Waals surface area contributed by atoms with Crippen LogP contribution in [0, 0.1) is 5.41 Å². The van der Waals surface area contributed by atoms with Gasteiger partial charge in [-0.15, -0.1) is 0 Å². The lowest BCUT2D eigenvalue weighted by Crippen LogP contribution is -2.34. The third kappa shape index (κ3) is 3.47. The third-order valence-corrected chi connectivity index (χ3v) is 6.61. The molecule has 1 aromatic carbocycles. The van der Waals surface area contributed by atoms with Gasteiger partial charge in [-0.3, -0.25) is 0 Å². The first-order valence-electron chi connectivity index (χ1n) is 6.48. The van der Waals surface area contributed by atoms with Crippen molar-refractivity contribution < 1.29 is 8.42 Å². The number of benzene rings is 1. The fourth-order valence-corrected chi connectivity index (χ4v) is 5.02. The van der Waals surface area contributed by atoms with Gasteiger partial charge in [-0.05, 0) is 46.3 Å². The Bertz CT molecular complexity index is 613. The molecular weight excluding hydrogens is 364 g/mol. The smallest absolute Gasteiger partial charge is 0.241 e. The zero-order valence-electron chi connectivity index (χ0n) is 11.2. The van der Waals surface area contributed by atoms with Gasteiger partial charge in [0.2, 0.25) is 10.0 Å². The molecule has 2 rings (SSSR count). The highest BCUT2D eigenvalue weighted by molar-refractivity contribution is 9.10. The molecule has 4 nitrogen and oxygen atoms in total. The van der Waals surface area contributed by atoms with Gasteiger partial charge in [0, 0.05) is 17.3 Å². The quantitative estimate of drug-likeness (QED) is 0.783. The molecule has 20 heavy (non-hydrogen) atoms. The minimum atomic E-state index is -3.62. The summed E-state index contributed by atoms with van der Waals surface area (Å²) in [6.07, 6.45) is 4.42. The predicted octanol–water partition coefficient (Wildman–Crippen LogP) is 3.54. The minimum absolute atomic E-state index is 0.0453. The van der Waals surface area contributed by atoms with Gasteiger partial charge in [0.15, 0.2) is 0 Å². The molecule has 0 saturated heterocycles. The van der Waals surface area contributed by atoms with Crippen molar-refractivity contribution in [1.82, 2.24) is 4.72 Å². The van der Waals surface area contributed by atoms with Crippen LogP contribution >= 0.6 is 27.5 Å². The molecule has 0 bridgehead atoms. The molecular formula is C13H18BrClN2O2S. The molecule has 1 aromatic rings. The van der Waals surface area contributed by atoms with E-state index in [0.717, 1.165) is 25.7 Å². The van der Waals surface area contributed by atoms with E-state index in [4.69, 9.17) is 17.3 Å².